The van der Waals surface area contributed by atoms with Gasteiger partial charge in [-0.25, -0.2) is 4.98 Å². The van der Waals surface area contributed by atoms with Gasteiger partial charge in [-0.15, -0.1) is 11.3 Å². The highest BCUT2D eigenvalue weighted by molar-refractivity contribution is 7.21. The maximum atomic E-state index is 12.8. The van der Waals surface area contributed by atoms with Crippen molar-refractivity contribution in [2.24, 2.45) is 5.92 Å². The Morgan fingerprint density at radius 1 is 1.15 bits per heavy atom. The quantitative estimate of drug-likeness (QED) is 0.585. The molecule has 0 aliphatic heterocycles. The van der Waals surface area contributed by atoms with Crippen LogP contribution in [0.25, 0.3) is 20.8 Å². The first-order chi connectivity index (χ1) is 12.7. The molecule has 1 heterocycles. The number of Topliss-reactive ketones (excluding diaryl/α,β-unsaturated/α-hetero) is 1. The maximum absolute atomic E-state index is 12.8. The minimum Gasteiger partial charge on any atom is -0.497 e. The Hall–Kier alpha value is -2.20. The molecule has 2 aromatic carbocycles. The monoisotopic (exact) mass is 365 g/mol. The average molecular weight is 365 g/mol. The van der Waals surface area contributed by atoms with Crippen molar-refractivity contribution in [2.45, 2.75) is 38.5 Å². The Morgan fingerprint density at radius 3 is 2.77 bits per heavy atom. The lowest BCUT2D eigenvalue weighted by Gasteiger charge is -2.20. The number of hydrogen-bond donors (Lipinski definition) is 0. The van der Waals surface area contributed by atoms with Crippen molar-refractivity contribution in [3.05, 3.63) is 48.0 Å². The highest BCUT2D eigenvalue weighted by Crippen LogP contribution is 2.34. The summed E-state index contributed by atoms with van der Waals surface area (Å²) in [7, 11) is 1.67. The highest BCUT2D eigenvalue weighted by Gasteiger charge is 2.22. The molecule has 0 amide bonds. The van der Waals surface area contributed by atoms with Crippen molar-refractivity contribution in [3.63, 3.8) is 0 Å². The van der Waals surface area contributed by atoms with Crippen LogP contribution in [0.4, 0.5) is 0 Å². The van der Waals surface area contributed by atoms with E-state index in [-0.39, 0.29) is 5.92 Å². The summed E-state index contributed by atoms with van der Waals surface area (Å²) in [6.45, 7) is 0. The number of thiazole rings is 1. The van der Waals surface area contributed by atoms with Crippen molar-refractivity contribution >= 4 is 27.3 Å². The minimum atomic E-state index is 0.247. The minimum absolute atomic E-state index is 0.247. The Morgan fingerprint density at radius 2 is 1.96 bits per heavy atom. The molecule has 4 rings (SSSR count). The molecular weight excluding hydrogens is 342 g/mol. The van der Waals surface area contributed by atoms with Gasteiger partial charge in [0, 0.05) is 24.0 Å². The van der Waals surface area contributed by atoms with Gasteiger partial charge in [0.2, 0.25) is 0 Å². The van der Waals surface area contributed by atoms with Crippen LogP contribution in [0.1, 0.15) is 37.7 Å². The first-order valence-electron chi connectivity index (χ1n) is 9.30. The molecule has 0 N–H and O–H groups in total. The molecule has 1 aliphatic rings. The molecule has 134 valence electrons. The predicted octanol–water partition coefficient (Wildman–Crippen LogP) is 5.66. The first kappa shape index (κ1) is 17.2. The van der Waals surface area contributed by atoms with Gasteiger partial charge in [-0.1, -0.05) is 43.5 Å². The molecule has 3 nitrogen and oxygen atoms in total. The number of ether oxygens (including phenoxy) is 1. The normalized spacial score (nSPS) is 15.3. The standard InChI is InChI=1S/C22H23NO2S/c1-25-17-11-12-21-19(14-17)23-22(26-21)18-10-6-5-9-16(18)13-20(24)15-7-3-2-4-8-15/h5-6,9-12,14-15H,2-4,7-8,13H2,1H3. The van der Waals surface area contributed by atoms with Crippen molar-refractivity contribution in [2.75, 3.05) is 7.11 Å². The number of fused-ring (bicyclic) bond motifs is 1. The van der Waals surface area contributed by atoms with E-state index in [9.17, 15) is 4.79 Å². The molecule has 0 spiro atoms. The van der Waals surface area contributed by atoms with Gasteiger partial charge in [0.25, 0.3) is 0 Å². The van der Waals surface area contributed by atoms with Gasteiger partial charge in [0.1, 0.15) is 16.5 Å². The van der Waals surface area contributed by atoms with Crippen molar-refractivity contribution < 1.29 is 9.53 Å². The van der Waals surface area contributed by atoms with E-state index in [0.717, 1.165) is 44.9 Å². The van der Waals surface area contributed by atoms with Crippen LogP contribution in [-0.2, 0) is 11.2 Å². The number of aromatic nitrogens is 1. The lowest BCUT2D eigenvalue weighted by molar-refractivity contribution is -0.123. The zero-order valence-electron chi connectivity index (χ0n) is 15.0. The number of nitrogens with zero attached hydrogens (tertiary/aromatic N) is 1. The number of carbonyl (C=O) groups is 1. The van der Waals surface area contributed by atoms with E-state index in [0.29, 0.717) is 12.2 Å². The summed E-state index contributed by atoms with van der Waals surface area (Å²) in [4.78, 5) is 17.6. The molecule has 0 unspecified atom stereocenters. The molecule has 0 atom stereocenters. The molecule has 0 bridgehead atoms. The second kappa shape index (κ2) is 7.58. The van der Waals surface area contributed by atoms with Crippen LogP contribution in [0, 0.1) is 5.92 Å². The molecule has 0 radical (unpaired) electrons. The van der Waals surface area contributed by atoms with Gasteiger partial charge in [-0.2, -0.15) is 0 Å². The van der Waals surface area contributed by atoms with E-state index in [2.05, 4.69) is 12.1 Å². The van der Waals surface area contributed by atoms with Crippen LogP contribution in [0.3, 0.4) is 0 Å². The lowest BCUT2D eigenvalue weighted by Crippen LogP contribution is -2.19. The number of benzene rings is 2. The summed E-state index contributed by atoms with van der Waals surface area (Å²) < 4.78 is 6.43. The van der Waals surface area contributed by atoms with Gasteiger partial charge in [0.05, 0.1) is 17.3 Å². The topological polar surface area (TPSA) is 39.2 Å². The van der Waals surface area contributed by atoms with E-state index < -0.39 is 0 Å². The number of methoxy groups -OCH3 is 1. The molecule has 1 aliphatic carbocycles. The third kappa shape index (κ3) is 3.51. The van der Waals surface area contributed by atoms with E-state index >= 15 is 0 Å². The van der Waals surface area contributed by atoms with Crippen molar-refractivity contribution in [1.82, 2.24) is 4.98 Å². The number of carbonyl (C=O) groups excluding carboxylic acids is 1. The zero-order chi connectivity index (χ0) is 17.9. The van der Waals surface area contributed by atoms with E-state index in [1.807, 2.05) is 30.3 Å². The van der Waals surface area contributed by atoms with E-state index in [1.165, 1.54) is 19.3 Å². The zero-order valence-corrected chi connectivity index (χ0v) is 15.8. The van der Waals surface area contributed by atoms with Crippen LogP contribution in [0.2, 0.25) is 0 Å². The first-order valence-corrected chi connectivity index (χ1v) is 10.1. The third-order valence-electron chi connectivity index (χ3n) is 5.27. The molecule has 3 aromatic rings. The fourth-order valence-corrected chi connectivity index (χ4v) is 4.80. The average Bonchev–Trinajstić information content (AvgIpc) is 3.12. The molecule has 1 aromatic heterocycles. The molecular formula is C22H23NO2S. The fraction of sp³-hybridized carbons (Fsp3) is 0.364. The number of hydrogen-bond acceptors (Lipinski definition) is 4. The van der Waals surface area contributed by atoms with Crippen LogP contribution in [0.5, 0.6) is 5.75 Å². The third-order valence-corrected chi connectivity index (χ3v) is 6.34. The molecule has 1 saturated carbocycles. The van der Waals surface area contributed by atoms with E-state index in [1.54, 1.807) is 18.4 Å². The van der Waals surface area contributed by atoms with Crippen LogP contribution in [0.15, 0.2) is 42.5 Å². The number of ketones is 1. The summed E-state index contributed by atoms with van der Waals surface area (Å²) in [5.41, 5.74) is 3.11. The van der Waals surface area contributed by atoms with Crippen LogP contribution < -0.4 is 4.74 Å². The van der Waals surface area contributed by atoms with Gasteiger partial charge in [0.15, 0.2) is 0 Å². The largest absolute Gasteiger partial charge is 0.497 e. The van der Waals surface area contributed by atoms with Gasteiger partial charge in [-0.05, 0) is 30.5 Å². The van der Waals surface area contributed by atoms with Gasteiger partial charge < -0.3 is 4.74 Å². The molecule has 26 heavy (non-hydrogen) atoms. The fourth-order valence-electron chi connectivity index (χ4n) is 3.79. The number of rotatable bonds is 5. The predicted molar refractivity (Wildman–Crippen MR) is 107 cm³/mol. The Labute approximate surface area is 158 Å². The van der Waals surface area contributed by atoms with Crippen molar-refractivity contribution in [1.29, 1.82) is 0 Å². The van der Waals surface area contributed by atoms with E-state index in [4.69, 9.17) is 9.72 Å². The van der Waals surface area contributed by atoms with Crippen molar-refractivity contribution in [3.8, 4) is 16.3 Å². The summed E-state index contributed by atoms with van der Waals surface area (Å²) in [6, 6.07) is 14.2. The highest BCUT2D eigenvalue weighted by atomic mass is 32.1. The Kier molecular flexibility index (Phi) is 5.02. The Bertz CT molecular complexity index is 925. The lowest BCUT2D eigenvalue weighted by atomic mass is 9.84. The smallest absolute Gasteiger partial charge is 0.140 e. The van der Waals surface area contributed by atoms with Crippen LogP contribution >= 0.6 is 11.3 Å². The Balaban J connectivity index is 1.64. The molecule has 0 saturated heterocycles. The summed E-state index contributed by atoms with van der Waals surface area (Å²) in [5, 5.41) is 0.972. The molecule has 4 heteroatoms. The second-order valence-corrected chi connectivity index (χ2v) is 8.02. The molecule has 1 fully saturated rings. The SMILES string of the molecule is COc1ccc2sc(-c3ccccc3CC(=O)C3CCCCC3)nc2c1. The van der Waals surface area contributed by atoms with Gasteiger partial charge in [-0.3, -0.25) is 4.79 Å². The van der Waals surface area contributed by atoms with Crippen LogP contribution in [-0.4, -0.2) is 17.9 Å². The summed E-state index contributed by atoms with van der Waals surface area (Å²) >= 11 is 1.67. The second-order valence-electron chi connectivity index (χ2n) is 6.99. The summed E-state index contributed by atoms with van der Waals surface area (Å²) in [5.74, 6) is 1.45. The summed E-state index contributed by atoms with van der Waals surface area (Å²) in [6.07, 6.45) is 6.29. The maximum Gasteiger partial charge on any atom is 0.140 e. The van der Waals surface area contributed by atoms with Gasteiger partial charge >= 0.3 is 0 Å².